The number of carbonyl (C=O) groups is 1. The molecular formula is C19H15ClN2O3. The third-order valence-electron chi connectivity index (χ3n) is 4.36. The monoisotopic (exact) mass is 354 g/mol. The van der Waals surface area contributed by atoms with E-state index in [4.69, 9.17) is 16.3 Å². The fraction of sp³-hybridized carbons (Fsp3) is 0.158. The number of pyridine rings is 1. The second kappa shape index (κ2) is 6.26. The molecule has 1 atom stereocenters. The van der Waals surface area contributed by atoms with Gasteiger partial charge in [-0.15, -0.1) is 0 Å². The van der Waals surface area contributed by atoms with Crippen LogP contribution in [0.15, 0.2) is 54.9 Å². The van der Waals surface area contributed by atoms with Crippen molar-refractivity contribution in [3.8, 4) is 5.75 Å². The molecule has 0 radical (unpaired) electrons. The van der Waals surface area contributed by atoms with Crippen LogP contribution < -0.4 is 14.8 Å². The molecule has 0 saturated heterocycles. The quantitative estimate of drug-likeness (QED) is 0.564. The summed E-state index contributed by atoms with van der Waals surface area (Å²) in [6.45, 7) is 0.462. The van der Waals surface area contributed by atoms with Crippen LogP contribution in [0.4, 0.5) is 5.69 Å². The lowest BCUT2D eigenvalue weighted by Crippen LogP contribution is -2.29. The molecule has 25 heavy (non-hydrogen) atoms. The first-order valence-corrected chi connectivity index (χ1v) is 8.34. The summed E-state index contributed by atoms with van der Waals surface area (Å²) in [4.78, 5) is 12.9. The second-order valence-electron chi connectivity index (χ2n) is 5.98. The van der Waals surface area contributed by atoms with Crippen LogP contribution in [0, 0.1) is 5.21 Å². The zero-order chi connectivity index (χ0) is 17.4. The minimum absolute atomic E-state index is 0.178. The van der Waals surface area contributed by atoms with Crippen LogP contribution in [0.1, 0.15) is 17.9 Å². The summed E-state index contributed by atoms with van der Waals surface area (Å²) in [6.07, 6.45) is 3.41. The van der Waals surface area contributed by atoms with Crippen molar-refractivity contribution in [1.82, 2.24) is 0 Å². The van der Waals surface area contributed by atoms with Crippen molar-refractivity contribution in [3.05, 3.63) is 70.7 Å². The number of amides is 1. The van der Waals surface area contributed by atoms with Gasteiger partial charge >= 0.3 is 0 Å². The van der Waals surface area contributed by atoms with Gasteiger partial charge in [-0.1, -0.05) is 29.8 Å². The maximum Gasteiger partial charge on any atom is 0.232 e. The Balaban J connectivity index is 1.69. The van der Waals surface area contributed by atoms with Crippen molar-refractivity contribution in [2.24, 2.45) is 0 Å². The van der Waals surface area contributed by atoms with Crippen molar-refractivity contribution in [3.63, 3.8) is 0 Å². The number of benzene rings is 2. The number of nitrogens with one attached hydrogen (secondary N) is 1. The normalized spacial score (nSPS) is 16.1. The maximum atomic E-state index is 12.9. The number of carbonyl (C=O) groups excluding carboxylic acids is 1. The lowest BCUT2D eigenvalue weighted by molar-refractivity contribution is -0.603. The average Bonchev–Trinajstić information content (AvgIpc) is 2.61. The SMILES string of the molecule is O=C(Nc1c[n+]([O-])cc2ccccc12)[C@@H]1CCOc2ccc(Cl)cc21. The van der Waals surface area contributed by atoms with Gasteiger partial charge < -0.3 is 15.3 Å². The molecule has 0 saturated carbocycles. The Bertz CT molecular complexity index is 974. The molecule has 1 N–H and O–H groups in total. The average molecular weight is 355 g/mol. The highest BCUT2D eigenvalue weighted by molar-refractivity contribution is 6.30. The summed E-state index contributed by atoms with van der Waals surface area (Å²) in [5.74, 6) is 0.122. The standard InChI is InChI=1S/C19H15ClN2O3/c20-13-5-6-18-16(9-13)15(7-8-25-18)19(23)21-17-11-22(24)10-12-3-1-2-4-14(12)17/h1-6,9-11,15H,7-8H2,(H,21,23)/t15-/m1/s1. The Hall–Kier alpha value is -2.79. The zero-order valence-corrected chi connectivity index (χ0v) is 14.0. The fourth-order valence-electron chi connectivity index (χ4n) is 3.18. The summed E-state index contributed by atoms with van der Waals surface area (Å²) in [7, 11) is 0. The van der Waals surface area contributed by atoms with E-state index in [0.717, 1.165) is 16.3 Å². The predicted molar refractivity (Wildman–Crippen MR) is 95.8 cm³/mol. The van der Waals surface area contributed by atoms with Gasteiger partial charge in [-0.05, 0) is 30.7 Å². The van der Waals surface area contributed by atoms with Gasteiger partial charge in [0.15, 0.2) is 6.20 Å². The highest BCUT2D eigenvalue weighted by Gasteiger charge is 2.28. The number of hydrogen-bond acceptors (Lipinski definition) is 3. The number of rotatable bonds is 2. The molecule has 3 aromatic rings. The van der Waals surface area contributed by atoms with Crippen molar-refractivity contribution in [2.45, 2.75) is 12.3 Å². The summed E-state index contributed by atoms with van der Waals surface area (Å²) in [5, 5.41) is 16.9. The summed E-state index contributed by atoms with van der Waals surface area (Å²) < 4.78 is 6.31. The minimum atomic E-state index is -0.374. The van der Waals surface area contributed by atoms with Crippen LogP contribution in [-0.2, 0) is 4.79 Å². The van der Waals surface area contributed by atoms with E-state index in [1.165, 1.54) is 12.4 Å². The Labute approximate surface area is 149 Å². The van der Waals surface area contributed by atoms with Crippen LogP contribution in [-0.4, -0.2) is 12.5 Å². The van der Waals surface area contributed by atoms with Gasteiger partial charge in [-0.25, -0.2) is 0 Å². The molecule has 6 heteroatoms. The molecular weight excluding hydrogens is 340 g/mol. The molecule has 2 aromatic carbocycles. The van der Waals surface area contributed by atoms with E-state index >= 15 is 0 Å². The Morgan fingerprint density at radius 2 is 2.08 bits per heavy atom. The predicted octanol–water partition coefficient (Wildman–Crippen LogP) is 3.63. The lowest BCUT2D eigenvalue weighted by Gasteiger charge is -2.25. The number of fused-ring (bicyclic) bond motifs is 2. The van der Waals surface area contributed by atoms with E-state index in [2.05, 4.69) is 5.32 Å². The molecule has 0 aliphatic carbocycles. The zero-order valence-electron chi connectivity index (χ0n) is 13.2. The number of anilines is 1. The Morgan fingerprint density at radius 3 is 2.96 bits per heavy atom. The third-order valence-corrected chi connectivity index (χ3v) is 4.59. The molecule has 4 rings (SSSR count). The maximum absolute atomic E-state index is 12.9. The van der Waals surface area contributed by atoms with Crippen molar-refractivity contribution < 1.29 is 14.3 Å². The molecule has 1 amide bonds. The first-order valence-electron chi connectivity index (χ1n) is 7.96. The molecule has 0 spiro atoms. The van der Waals surface area contributed by atoms with Crippen LogP contribution >= 0.6 is 11.6 Å². The Kier molecular flexibility index (Phi) is 3.93. The van der Waals surface area contributed by atoms with Crippen LogP contribution in [0.25, 0.3) is 10.8 Å². The number of ether oxygens (including phenoxy) is 1. The van der Waals surface area contributed by atoms with Crippen molar-refractivity contribution in [2.75, 3.05) is 11.9 Å². The molecule has 0 unspecified atom stereocenters. The number of halogens is 1. The van der Waals surface area contributed by atoms with Gasteiger partial charge in [-0.2, -0.15) is 4.73 Å². The molecule has 1 aliphatic heterocycles. The molecule has 1 aliphatic rings. The summed E-state index contributed by atoms with van der Waals surface area (Å²) in [5.41, 5.74) is 1.26. The molecule has 1 aromatic heterocycles. The van der Waals surface area contributed by atoms with Crippen LogP contribution in [0.3, 0.4) is 0 Å². The summed E-state index contributed by atoms with van der Waals surface area (Å²) >= 11 is 6.07. The first-order chi connectivity index (χ1) is 12.1. The highest BCUT2D eigenvalue weighted by Crippen LogP contribution is 2.36. The van der Waals surface area contributed by atoms with Crippen molar-refractivity contribution >= 4 is 34.0 Å². The Morgan fingerprint density at radius 1 is 1.24 bits per heavy atom. The third kappa shape index (κ3) is 2.98. The highest BCUT2D eigenvalue weighted by atomic mass is 35.5. The topological polar surface area (TPSA) is 65.3 Å². The van der Waals surface area contributed by atoms with E-state index in [9.17, 15) is 10.0 Å². The van der Waals surface area contributed by atoms with Crippen LogP contribution in [0.2, 0.25) is 5.02 Å². The van der Waals surface area contributed by atoms with E-state index in [-0.39, 0.29) is 11.8 Å². The number of hydrogen-bond donors (Lipinski definition) is 1. The first kappa shape index (κ1) is 15.7. The fourth-order valence-corrected chi connectivity index (χ4v) is 3.36. The molecule has 5 nitrogen and oxygen atoms in total. The number of nitrogens with zero attached hydrogens (tertiary/aromatic N) is 1. The number of aromatic nitrogens is 1. The lowest BCUT2D eigenvalue weighted by atomic mass is 9.92. The van der Waals surface area contributed by atoms with E-state index < -0.39 is 0 Å². The van der Waals surface area contributed by atoms with Gasteiger partial charge in [0.05, 0.1) is 12.5 Å². The molecule has 2 heterocycles. The van der Waals surface area contributed by atoms with Gasteiger partial charge in [0.1, 0.15) is 11.4 Å². The molecule has 0 fully saturated rings. The van der Waals surface area contributed by atoms with Crippen LogP contribution in [0.5, 0.6) is 5.75 Å². The van der Waals surface area contributed by atoms with Gasteiger partial charge in [0.25, 0.3) is 0 Å². The molecule has 0 bridgehead atoms. The molecule has 126 valence electrons. The summed E-state index contributed by atoms with van der Waals surface area (Å²) in [6, 6.07) is 12.7. The largest absolute Gasteiger partial charge is 0.619 e. The minimum Gasteiger partial charge on any atom is -0.619 e. The second-order valence-corrected chi connectivity index (χ2v) is 6.42. The van der Waals surface area contributed by atoms with E-state index in [0.29, 0.717) is 34.2 Å². The smallest absolute Gasteiger partial charge is 0.232 e. The van der Waals surface area contributed by atoms with Crippen molar-refractivity contribution in [1.29, 1.82) is 0 Å². The van der Waals surface area contributed by atoms with Gasteiger partial charge in [0, 0.05) is 21.4 Å². The van der Waals surface area contributed by atoms with Gasteiger partial charge in [0.2, 0.25) is 12.1 Å². The van der Waals surface area contributed by atoms with E-state index in [1.54, 1.807) is 18.2 Å². The van der Waals surface area contributed by atoms with Gasteiger partial charge in [-0.3, -0.25) is 4.79 Å². The van der Waals surface area contributed by atoms with E-state index in [1.807, 2.05) is 24.3 Å².